The Morgan fingerprint density at radius 1 is 0.824 bits per heavy atom. The molecule has 0 amide bonds. The molecular formula is C15H10N2. The third-order valence-corrected chi connectivity index (χ3v) is 3.22. The molecule has 0 bridgehead atoms. The average molecular weight is 218 g/mol. The van der Waals surface area contributed by atoms with E-state index in [2.05, 4.69) is 40.9 Å². The molecule has 0 aliphatic carbocycles. The SMILES string of the molecule is c1ccc2c3ccn4ccccc4c-3nc2c1. The van der Waals surface area contributed by atoms with Crippen LogP contribution < -0.4 is 0 Å². The summed E-state index contributed by atoms with van der Waals surface area (Å²) in [6.45, 7) is 0. The molecular weight excluding hydrogens is 208 g/mol. The lowest BCUT2D eigenvalue weighted by molar-refractivity contribution is 1.16. The van der Waals surface area contributed by atoms with Crippen molar-refractivity contribution in [2.24, 2.45) is 0 Å². The first-order chi connectivity index (χ1) is 8.43. The highest BCUT2D eigenvalue weighted by Crippen LogP contribution is 2.33. The van der Waals surface area contributed by atoms with Crippen LogP contribution in [-0.2, 0) is 0 Å². The number of hydrogen-bond acceptors (Lipinski definition) is 1. The molecule has 0 saturated carbocycles. The van der Waals surface area contributed by atoms with Gasteiger partial charge < -0.3 is 4.40 Å². The minimum atomic E-state index is 1.07. The predicted molar refractivity (Wildman–Crippen MR) is 69.3 cm³/mol. The number of benzene rings is 1. The number of hydrogen-bond donors (Lipinski definition) is 0. The number of para-hydroxylation sites is 1. The summed E-state index contributed by atoms with van der Waals surface area (Å²) in [5.74, 6) is 0. The minimum Gasteiger partial charge on any atom is -0.322 e. The summed E-state index contributed by atoms with van der Waals surface area (Å²) in [4.78, 5) is 4.72. The molecule has 2 nitrogen and oxygen atoms in total. The normalized spacial score (nSPS) is 11.5. The summed E-state index contributed by atoms with van der Waals surface area (Å²) < 4.78 is 2.11. The van der Waals surface area contributed by atoms with E-state index in [4.69, 9.17) is 4.98 Å². The molecule has 17 heavy (non-hydrogen) atoms. The van der Waals surface area contributed by atoms with Crippen molar-refractivity contribution >= 4 is 16.4 Å². The molecule has 0 saturated heterocycles. The summed E-state index contributed by atoms with van der Waals surface area (Å²) in [6.07, 6.45) is 4.14. The number of pyridine rings is 2. The monoisotopic (exact) mass is 218 g/mol. The number of fused-ring (bicyclic) bond motifs is 5. The van der Waals surface area contributed by atoms with Crippen LogP contribution in [0.15, 0.2) is 60.9 Å². The van der Waals surface area contributed by atoms with Gasteiger partial charge in [0.25, 0.3) is 0 Å². The largest absolute Gasteiger partial charge is 0.322 e. The number of rotatable bonds is 0. The fourth-order valence-corrected chi connectivity index (χ4v) is 2.41. The zero-order chi connectivity index (χ0) is 11.2. The zero-order valence-corrected chi connectivity index (χ0v) is 9.17. The van der Waals surface area contributed by atoms with Gasteiger partial charge >= 0.3 is 0 Å². The van der Waals surface area contributed by atoms with Gasteiger partial charge in [0, 0.05) is 23.3 Å². The van der Waals surface area contributed by atoms with Gasteiger partial charge in [-0.25, -0.2) is 4.98 Å². The maximum Gasteiger partial charge on any atom is 0.0956 e. The van der Waals surface area contributed by atoms with E-state index in [0.717, 1.165) is 16.7 Å². The highest BCUT2D eigenvalue weighted by Gasteiger charge is 2.13. The molecule has 3 heterocycles. The van der Waals surface area contributed by atoms with Gasteiger partial charge in [0.2, 0.25) is 0 Å². The second-order valence-corrected chi connectivity index (χ2v) is 4.20. The van der Waals surface area contributed by atoms with Crippen LogP contribution in [-0.4, -0.2) is 9.38 Å². The highest BCUT2D eigenvalue weighted by molar-refractivity contribution is 6.01. The lowest BCUT2D eigenvalue weighted by atomic mass is 10.1. The zero-order valence-electron chi connectivity index (χ0n) is 9.17. The van der Waals surface area contributed by atoms with Crippen LogP contribution in [0.25, 0.3) is 27.7 Å². The van der Waals surface area contributed by atoms with E-state index in [0.29, 0.717) is 0 Å². The van der Waals surface area contributed by atoms with Gasteiger partial charge in [-0.1, -0.05) is 24.3 Å². The fourth-order valence-electron chi connectivity index (χ4n) is 2.41. The Labute approximate surface area is 98.5 Å². The van der Waals surface area contributed by atoms with E-state index in [-0.39, 0.29) is 0 Å². The van der Waals surface area contributed by atoms with Crippen molar-refractivity contribution in [2.45, 2.75) is 0 Å². The first kappa shape index (κ1) is 8.76. The molecule has 0 unspecified atom stereocenters. The van der Waals surface area contributed by atoms with Crippen LogP contribution in [0.3, 0.4) is 0 Å². The second-order valence-electron chi connectivity index (χ2n) is 4.20. The third-order valence-electron chi connectivity index (χ3n) is 3.22. The quantitative estimate of drug-likeness (QED) is 0.441. The van der Waals surface area contributed by atoms with Crippen molar-refractivity contribution in [3.8, 4) is 11.3 Å². The van der Waals surface area contributed by atoms with Crippen molar-refractivity contribution in [3.05, 3.63) is 60.9 Å². The molecule has 80 valence electrons. The summed E-state index contributed by atoms with van der Waals surface area (Å²) in [5.41, 5.74) is 4.53. The van der Waals surface area contributed by atoms with Crippen LogP contribution in [0.5, 0.6) is 0 Å². The lowest BCUT2D eigenvalue weighted by Gasteiger charge is -2.05. The van der Waals surface area contributed by atoms with E-state index in [9.17, 15) is 0 Å². The maximum absolute atomic E-state index is 4.72. The second kappa shape index (κ2) is 3.08. The molecule has 0 fully saturated rings. The minimum absolute atomic E-state index is 1.07. The Kier molecular flexibility index (Phi) is 1.59. The van der Waals surface area contributed by atoms with Crippen molar-refractivity contribution in [3.63, 3.8) is 0 Å². The van der Waals surface area contributed by atoms with Gasteiger partial charge in [0.15, 0.2) is 0 Å². The average Bonchev–Trinajstić information content (AvgIpc) is 2.78. The molecule has 0 N–H and O–H groups in total. The number of aromatic nitrogens is 2. The Bertz CT molecular complexity index is 798. The van der Waals surface area contributed by atoms with Crippen LogP contribution in [0, 0.1) is 0 Å². The summed E-state index contributed by atoms with van der Waals surface area (Å²) in [7, 11) is 0. The maximum atomic E-state index is 4.72. The van der Waals surface area contributed by atoms with Crippen LogP contribution in [0.1, 0.15) is 0 Å². The molecule has 2 aliphatic heterocycles. The number of nitrogens with zero attached hydrogens (tertiary/aromatic N) is 2. The third kappa shape index (κ3) is 1.12. The summed E-state index contributed by atoms with van der Waals surface area (Å²) in [6, 6.07) is 16.6. The first-order valence-electron chi connectivity index (χ1n) is 5.68. The molecule has 2 heteroatoms. The van der Waals surface area contributed by atoms with Crippen molar-refractivity contribution in [1.29, 1.82) is 0 Å². The molecule has 1 aromatic carbocycles. The first-order valence-corrected chi connectivity index (χ1v) is 5.68. The molecule has 0 radical (unpaired) electrons. The Balaban J connectivity index is 2.28. The van der Waals surface area contributed by atoms with E-state index < -0.39 is 0 Å². The summed E-state index contributed by atoms with van der Waals surface area (Å²) >= 11 is 0. The van der Waals surface area contributed by atoms with Crippen LogP contribution in [0.4, 0.5) is 0 Å². The van der Waals surface area contributed by atoms with Gasteiger partial charge in [-0.2, -0.15) is 0 Å². The Morgan fingerprint density at radius 3 is 2.71 bits per heavy atom. The highest BCUT2D eigenvalue weighted by atomic mass is 14.9. The molecule has 1 aromatic heterocycles. The van der Waals surface area contributed by atoms with Gasteiger partial charge in [-0.3, -0.25) is 0 Å². The molecule has 4 rings (SSSR count). The predicted octanol–water partition coefficient (Wildman–Crippen LogP) is 3.59. The van der Waals surface area contributed by atoms with E-state index in [1.165, 1.54) is 10.9 Å². The van der Waals surface area contributed by atoms with Crippen LogP contribution in [0.2, 0.25) is 0 Å². The lowest BCUT2D eigenvalue weighted by Crippen LogP contribution is -1.90. The summed E-state index contributed by atoms with van der Waals surface area (Å²) in [5, 5.41) is 1.23. The van der Waals surface area contributed by atoms with E-state index in [1.54, 1.807) is 0 Å². The van der Waals surface area contributed by atoms with Crippen LogP contribution >= 0.6 is 0 Å². The Hall–Kier alpha value is -2.35. The Morgan fingerprint density at radius 2 is 1.71 bits per heavy atom. The van der Waals surface area contributed by atoms with Crippen molar-refractivity contribution < 1.29 is 0 Å². The van der Waals surface area contributed by atoms with Gasteiger partial charge in [-0.15, -0.1) is 0 Å². The smallest absolute Gasteiger partial charge is 0.0956 e. The molecule has 0 spiro atoms. The van der Waals surface area contributed by atoms with E-state index in [1.807, 2.05) is 24.4 Å². The van der Waals surface area contributed by atoms with Gasteiger partial charge in [0.05, 0.1) is 16.7 Å². The van der Waals surface area contributed by atoms with Crippen molar-refractivity contribution in [1.82, 2.24) is 9.38 Å². The van der Waals surface area contributed by atoms with Crippen molar-refractivity contribution in [2.75, 3.05) is 0 Å². The van der Waals surface area contributed by atoms with E-state index >= 15 is 0 Å². The standard InChI is InChI=1S/C15H10N2/c1-2-6-13-11(5-1)12-8-10-17-9-4-3-7-14(17)15(12)16-13/h1-10H. The molecule has 2 aromatic rings. The topological polar surface area (TPSA) is 17.3 Å². The van der Waals surface area contributed by atoms with Gasteiger partial charge in [0.1, 0.15) is 0 Å². The molecule has 0 atom stereocenters. The molecule has 2 aliphatic rings. The fraction of sp³-hybridized carbons (Fsp3) is 0. The van der Waals surface area contributed by atoms with Gasteiger partial charge in [-0.05, 0) is 24.3 Å².